The summed E-state index contributed by atoms with van der Waals surface area (Å²) >= 11 is 0. The number of imidazole rings is 1. The molecule has 188 valence electrons. The Morgan fingerprint density at radius 1 is 1.09 bits per heavy atom. The van der Waals surface area contributed by atoms with E-state index in [-0.39, 0.29) is 44.6 Å². The molecule has 4 rings (SSSR count). The molecular formula is C20H25F3N4O7. The Balaban J connectivity index is 1.41. The summed E-state index contributed by atoms with van der Waals surface area (Å²) in [6, 6.07) is 0. The van der Waals surface area contributed by atoms with Crippen LogP contribution in [0.3, 0.4) is 0 Å². The van der Waals surface area contributed by atoms with Crippen molar-refractivity contribution in [1.29, 1.82) is 0 Å². The molecule has 34 heavy (non-hydrogen) atoms. The second kappa shape index (κ2) is 10.5. The van der Waals surface area contributed by atoms with E-state index in [1.165, 1.54) is 23.3 Å². The van der Waals surface area contributed by atoms with Crippen molar-refractivity contribution in [3.05, 3.63) is 24.8 Å². The van der Waals surface area contributed by atoms with Crippen LogP contribution >= 0.6 is 0 Å². The van der Waals surface area contributed by atoms with E-state index in [2.05, 4.69) is 19.7 Å². The Labute approximate surface area is 191 Å². The van der Waals surface area contributed by atoms with Gasteiger partial charge in [-0.2, -0.15) is 4.98 Å². The van der Waals surface area contributed by atoms with Crippen LogP contribution in [-0.2, 0) is 14.2 Å². The maximum absolute atomic E-state index is 12.3. The van der Waals surface area contributed by atoms with Crippen molar-refractivity contribution < 1.29 is 47.4 Å². The lowest BCUT2D eigenvalue weighted by Crippen LogP contribution is -2.34. The van der Waals surface area contributed by atoms with Gasteiger partial charge >= 0.3 is 6.36 Å². The summed E-state index contributed by atoms with van der Waals surface area (Å²) in [5, 5.41) is 29.6. The van der Waals surface area contributed by atoms with Crippen molar-refractivity contribution >= 4 is 11.2 Å². The summed E-state index contributed by atoms with van der Waals surface area (Å²) in [6.07, 6.45) is -3.71. The molecule has 14 heteroatoms. The fourth-order valence-electron chi connectivity index (χ4n) is 3.93. The summed E-state index contributed by atoms with van der Waals surface area (Å²) in [7, 11) is 0. The minimum atomic E-state index is -4.68. The molecule has 2 aromatic heterocycles. The van der Waals surface area contributed by atoms with Gasteiger partial charge in [0.1, 0.15) is 24.6 Å². The van der Waals surface area contributed by atoms with Crippen LogP contribution in [-0.4, -0.2) is 92.0 Å². The van der Waals surface area contributed by atoms with Gasteiger partial charge in [-0.05, 0) is 12.8 Å². The molecule has 1 aliphatic carbocycles. The lowest BCUT2D eigenvalue weighted by Gasteiger charge is -2.23. The van der Waals surface area contributed by atoms with Crippen LogP contribution in [0.15, 0.2) is 24.8 Å². The number of rotatable bonds is 9. The Morgan fingerprint density at radius 2 is 1.91 bits per heavy atom. The quantitative estimate of drug-likeness (QED) is 0.340. The highest BCUT2D eigenvalue weighted by Gasteiger charge is 2.44. The number of ether oxygens (including phenoxy) is 4. The molecule has 0 bridgehead atoms. The molecule has 3 N–H and O–H groups in total. The van der Waals surface area contributed by atoms with Crippen molar-refractivity contribution in [2.24, 2.45) is 5.92 Å². The lowest BCUT2D eigenvalue weighted by atomic mass is 9.95. The average molecular weight is 490 g/mol. The molecule has 0 aromatic carbocycles. The molecule has 0 spiro atoms. The molecule has 3 heterocycles. The fourth-order valence-corrected chi connectivity index (χ4v) is 3.93. The summed E-state index contributed by atoms with van der Waals surface area (Å²) in [5.41, 5.74) is 0.599. The van der Waals surface area contributed by atoms with E-state index in [1.807, 2.05) is 0 Å². The van der Waals surface area contributed by atoms with Crippen molar-refractivity contribution in [2.45, 2.75) is 49.8 Å². The largest absolute Gasteiger partial charge is 0.523 e. The molecule has 0 saturated carbocycles. The van der Waals surface area contributed by atoms with Crippen LogP contribution in [0.1, 0.15) is 19.1 Å². The predicted octanol–water partition coefficient (Wildman–Crippen LogP) is 0.704. The first-order valence-corrected chi connectivity index (χ1v) is 10.7. The van der Waals surface area contributed by atoms with E-state index in [0.29, 0.717) is 17.6 Å². The van der Waals surface area contributed by atoms with Gasteiger partial charge in [0.05, 0.1) is 38.9 Å². The number of aliphatic hydroxyl groups is 3. The van der Waals surface area contributed by atoms with Crippen molar-refractivity contribution in [1.82, 2.24) is 19.5 Å². The third-order valence-electron chi connectivity index (χ3n) is 5.59. The summed E-state index contributed by atoms with van der Waals surface area (Å²) in [4.78, 5) is 12.5. The lowest BCUT2D eigenvalue weighted by molar-refractivity contribution is -0.337. The van der Waals surface area contributed by atoms with Crippen LogP contribution in [0, 0.1) is 5.92 Å². The molecule has 2 aromatic rings. The highest BCUT2D eigenvalue weighted by Crippen LogP contribution is 2.33. The number of halogens is 3. The van der Waals surface area contributed by atoms with E-state index in [4.69, 9.17) is 19.3 Å². The Morgan fingerprint density at radius 3 is 2.62 bits per heavy atom. The number of fused-ring (bicyclic) bond motifs is 1. The zero-order valence-corrected chi connectivity index (χ0v) is 17.9. The fraction of sp³-hybridized carbons (Fsp3) is 0.650. The molecule has 1 aliphatic heterocycles. The number of hydrogen-bond donors (Lipinski definition) is 3. The Hall–Kier alpha value is -2.36. The number of aliphatic hydroxyl groups excluding tert-OH is 3. The van der Waals surface area contributed by atoms with E-state index in [9.17, 15) is 23.4 Å². The van der Waals surface area contributed by atoms with Gasteiger partial charge in [0.15, 0.2) is 17.4 Å². The first-order chi connectivity index (χ1) is 16.3. The highest BCUT2D eigenvalue weighted by atomic mass is 19.4. The second-order valence-corrected chi connectivity index (χ2v) is 7.98. The zero-order chi connectivity index (χ0) is 24.3. The van der Waals surface area contributed by atoms with Crippen LogP contribution in [0.2, 0.25) is 0 Å². The Bertz CT molecular complexity index is 989. The van der Waals surface area contributed by atoms with Gasteiger partial charge in [0.25, 0.3) is 0 Å². The van der Waals surface area contributed by atoms with E-state index in [0.717, 1.165) is 0 Å². The summed E-state index contributed by atoms with van der Waals surface area (Å²) in [5.74, 6) is 0.0386. The molecule has 1 saturated heterocycles. The predicted molar refractivity (Wildman–Crippen MR) is 107 cm³/mol. The van der Waals surface area contributed by atoms with Gasteiger partial charge in [-0.25, -0.2) is 9.97 Å². The van der Waals surface area contributed by atoms with Gasteiger partial charge in [0.2, 0.25) is 5.88 Å². The van der Waals surface area contributed by atoms with Gasteiger partial charge in [0, 0.05) is 5.92 Å². The molecular weight excluding hydrogens is 465 g/mol. The standard InChI is InChI=1S/C20H25F3N4O7/c21-20(22,23)34-12-3-1-11(2-4-12)7-32-18-14-17(24-9-25-18)27(10-26-14)19-16(30)15(29)13(33-19)8-31-6-5-28/h1,3,9-13,15-16,19,28-30H,2,4-8H2/t11?,12?,13-,15-,16-,19-/m1/s1. The van der Waals surface area contributed by atoms with Crippen molar-refractivity contribution in [3.8, 4) is 5.88 Å². The van der Waals surface area contributed by atoms with E-state index < -0.39 is 37.0 Å². The second-order valence-electron chi connectivity index (χ2n) is 7.98. The molecule has 0 radical (unpaired) electrons. The average Bonchev–Trinajstić information content (AvgIpc) is 3.34. The van der Waals surface area contributed by atoms with Gasteiger partial charge < -0.3 is 29.5 Å². The van der Waals surface area contributed by atoms with Gasteiger partial charge in [-0.3, -0.25) is 9.30 Å². The number of nitrogens with zero attached hydrogens (tertiary/aromatic N) is 4. The number of alkyl halides is 3. The minimum Gasteiger partial charge on any atom is -0.475 e. The minimum absolute atomic E-state index is 0.0188. The molecule has 0 amide bonds. The first-order valence-electron chi connectivity index (χ1n) is 10.7. The highest BCUT2D eigenvalue weighted by molar-refractivity contribution is 5.76. The number of hydrogen-bond acceptors (Lipinski definition) is 10. The smallest absolute Gasteiger partial charge is 0.475 e. The third kappa shape index (κ3) is 5.64. The van der Waals surface area contributed by atoms with Gasteiger partial charge in [-0.1, -0.05) is 12.2 Å². The van der Waals surface area contributed by atoms with Crippen LogP contribution in [0.4, 0.5) is 13.2 Å². The van der Waals surface area contributed by atoms with Crippen molar-refractivity contribution in [2.75, 3.05) is 26.4 Å². The van der Waals surface area contributed by atoms with Crippen LogP contribution in [0.5, 0.6) is 5.88 Å². The monoisotopic (exact) mass is 490 g/mol. The maximum Gasteiger partial charge on any atom is 0.523 e. The normalized spacial score (nSPS) is 29.7. The third-order valence-corrected chi connectivity index (χ3v) is 5.59. The maximum atomic E-state index is 12.3. The zero-order valence-electron chi connectivity index (χ0n) is 17.9. The topological polar surface area (TPSA) is 141 Å². The van der Waals surface area contributed by atoms with Crippen molar-refractivity contribution in [3.63, 3.8) is 0 Å². The summed E-state index contributed by atoms with van der Waals surface area (Å²) < 4.78 is 59.2. The molecule has 1 fully saturated rings. The molecule has 6 atom stereocenters. The molecule has 11 nitrogen and oxygen atoms in total. The van der Waals surface area contributed by atoms with Crippen LogP contribution in [0.25, 0.3) is 11.2 Å². The van der Waals surface area contributed by atoms with E-state index >= 15 is 0 Å². The Kier molecular flexibility index (Phi) is 7.64. The first kappa shape index (κ1) is 24.8. The summed E-state index contributed by atoms with van der Waals surface area (Å²) in [6.45, 7) is 0.0372. The van der Waals surface area contributed by atoms with Gasteiger partial charge in [-0.15, -0.1) is 13.2 Å². The SMILES string of the molecule is OCCOC[C@H]1O[C@@H](n2cnc3c(OCC4C=CC(OC(F)(F)F)CC4)ncnc32)[C@H](O)[C@@H]1O. The van der Waals surface area contributed by atoms with E-state index in [1.54, 1.807) is 6.08 Å². The number of aromatic nitrogens is 4. The molecule has 2 aliphatic rings. The van der Waals surface area contributed by atoms with Crippen LogP contribution < -0.4 is 4.74 Å². The molecule has 2 unspecified atom stereocenters.